The van der Waals surface area contributed by atoms with Crippen LogP contribution < -0.4 is 10.6 Å². The Hall–Kier alpha value is -1.35. The second-order valence-electron chi connectivity index (χ2n) is 3.40. The van der Waals surface area contributed by atoms with Gasteiger partial charge in [0.05, 0.1) is 5.69 Å². The molecule has 1 aromatic rings. The molecule has 3 nitrogen and oxygen atoms in total. The van der Waals surface area contributed by atoms with Crippen LogP contribution in [-0.4, -0.2) is 18.1 Å². The van der Waals surface area contributed by atoms with Crippen LogP contribution in [0, 0.1) is 0 Å². The molecule has 1 aliphatic rings. The lowest BCUT2D eigenvalue weighted by Gasteiger charge is -2.24. The minimum absolute atomic E-state index is 0.511. The first kappa shape index (κ1) is 9.21. The predicted molar refractivity (Wildman–Crippen MR) is 58.1 cm³/mol. The van der Waals surface area contributed by atoms with Crippen LogP contribution in [0.5, 0.6) is 0 Å². The summed E-state index contributed by atoms with van der Waals surface area (Å²) in [7, 11) is 0. The summed E-state index contributed by atoms with van der Waals surface area (Å²) in [5.74, 6) is 1.04. The van der Waals surface area contributed by atoms with E-state index >= 15 is 0 Å². The highest BCUT2D eigenvalue weighted by atomic mass is 15.2. The number of hydrogen-bond acceptors (Lipinski definition) is 3. The maximum absolute atomic E-state index is 5.55. The van der Waals surface area contributed by atoms with Crippen LogP contribution in [0.1, 0.15) is 12.1 Å². The van der Waals surface area contributed by atoms with Crippen LogP contribution in [0.3, 0.4) is 0 Å². The molecule has 2 heterocycles. The van der Waals surface area contributed by atoms with Crippen molar-refractivity contribution in [3.8, 4) is 0 Å². The third-order valence-electron chi connectivity index (χ3n) is 2.38. The van der Waals surface area contributed by atoms with E-state index in [1.54, 1.807) is 0 Å². The molecule has 0 atom stereocenters. The van der Waals surface area contributed by atoms with Crippen molar-refractivity contribution < 1.29 is 0 Å². The average molecular weight is 189 g/mol. The van der Waals surface area contributed by atoms with E-state index in [2.05, 4.69) is 22.0 Å². The second kappa shape index (κ2) is 4.24. The summed E-state index contributed by atoms with van der Waals surface area (Å²) in [5.41, 5.74) is 6.51. The normalized spacial score (nSPS) is 15.9. The predicted octanol–water partition coefficient (Wildman–Crippen LogP) is 1.31. The lowest BCUT2D eigenvalue weighted by atomic mass is 10.2. The first-order valence-corrected chi connectivity index (χ1v) is 4.96. The Balaban J connectivity index is 2.18. The van der Waals surface area contributed by atoms with E-state index in [1.807, 2.05) is 18.2 Å². The van der Waals surface area contributed by atoms with Gasteiger partial charge in [0.15, 0.2) is 0 Å². The zero-order chi connectivity index (χ0) is 9.80. The Kier molecular flexibility index (Phi) is 2.79. The molecule has 0 saturated carbocycles. The van der Waals surface area contributed by atoms with Crippen molar-refractivity contribution in [2.75, 3.05) is 18.0 Å². The smallest absolute Gasteiger partial charge is 0.129 e. The molecule has 0 fully saturated rings. The monoisotopic (exact) mass is 189 g/mol. The summed E-state index contributed by atoms with van der Waals surface area (Å²) in [6.07, 6.45) is 5.50. The highest BCUT2D eigenvalue weighted by Gasteiger charge is 2.08. The van der Waals surface area contributed by atoms with E-state index in [9.17, 15) is 0 Å². The van der Waals surface area contributed by atoms with E-state index in [1.165, 1.54) is 0 Å². The number of anilines is 1. The summed E-state index contributed by atoms with van der Waals surface area (Å²) in [5, 5.41) is 0. The van der Waals surface area contributed by atoms with Crippen LogP contribution in [-0.2, 0) is 6.54 Å². The van der Waals surface area contributed by atoms with Gasteiger partial charge in [-0.25, -0.2) is 4.98 Å². The number of nitrogens with two attached hydrogens (primary N) is 1. The molecular formula is C11H15N3. The third-order valence-corrected chi connectivity index (χ3v) is 2.38. The second-order valence-corrected chi connectivity index (χ2v) is 3.40. The van der Waals surface area contributed by atoms with E-state index in [0.717, 1.165) is 31.0 Å². The largest absolute Gasteiger partial charge is 0.353 e. The molecule has 0 bridgehead atoms. The molecule has 2 N–H and O–H groups in total. The minimum Gasteiger partial charge on any atom is -0.353 e. The first-order chi connectivity index (χ1) is 6.90. The van der Waals surface area contributed by atoms with Gasteiger partial charge in [0.2, 0.25) is 0 Å². The van der Waals surface area contributed by atoms with Crippen molar-refractivity contribution in [1.82, 2.24) is 4.98 Å². The van der Waals surface area contributed by atoms with Crippen molar-refractivity contribution in [3.05, 3.63) is 36.0 Å². The van der Waals surface area contributed by atoms with Gasteiger partial charge in [-0.2, -0.15) is 0 Å². The summed E-state index contributed by atoms with van der Waals surface area (Å²) >= 11 is 0. The maximum Gasteiger partial charge on any atom is 0.129 e. The summed E-state index contributed by atoms with van der Waals surface area (Å²) in [4.78, 5) is 6.74. The Morgan fingerprint density at radius 2 is 2.29 bits per heavy atom. The molecule has 74 valence electrons. The fraction of sp³-hybridized carbons (Fsp3) is 0.364. The number of hydrogen-bond donors (Lipinski definition) is 1. The van der Waals surface area contributed by atoms with Gasteiger partial charge in [-0.3, -0.25) is 0 Å². The van der Waals surface area contributed by atoms with Gasteiger partial charge in [-0.15, -0.1) is 0 Å². The summed E-state index contributed by atoms with van der Waals surface area (Å²) in [6.45, 7) is 2.52. The lowest BCUT2D eigenvalue weighted by Crippen LogP contribution is -2.27. The molecule has 0 spiro atoms. The number of aromatic nitrogens is 1. The van der Waals surface area contributed by atoms with E-state index in [4.69, 9.17) is 5.73 Å². The van der Waals surface area contributed by atoms with Gasteiger partial charge in [-0.1, -0.05) is 18.2 Å². The number of rotatable bonds is 2. The van der Waals surface area contributed by atoms with Crippen molar-refractivity contribution >= 4 is 5.82 Å². The van der Waals surface area contributed by atoms with Crippen LogP contribution in [0.25, 0.3) is 0 Å². The lowest BCUT2D eigenvalue weighted by molar-refractivity contribution is 0.799. The van der Waals surface area contributed by atoms with Crippen molar-refractivity contribution in [2.24, 2.45) is 5.73 Å². The zero-order valence-corrected chi connectivity index (χ0v) is 8.19. The molecule has 2 rings (SSSR count). The first-order valence-electron chi connectivity index (χ1n) is 4.96. The standard InChI is InChI=1S/C11H15N3/c12-9-10-5-4-6-11(13-10)14-7-2-1-3-8-14/h1-2,4-6H,3,7-9,12H2. The van der Waals surface area contributed by atoms with Gasteiger partial charge in [0, 0.05) is 19.6 Å². The Labute approximate surface area is 84.2 Å². The molecule has 1 aromatic heterocycles. The molecule has 3 heteroatoms. The molecular weight excluding hydrogens is 174 g/mol. The zero-order valence-electron chi connectivity index (χ0n) is 8.19. The van der Waals surface area contributed by atoms with Crippen molar-refractivity contribution in [1.29, 1.82) is 0 Å². The number of pyridine rings is 1. The van der Waals surface area contributed by atoms with Gasteiger partial charge in [0.25, 0.3) is 0 Å². The molecule has 0 amide bonds. The quantitative estimate of drug-likeness (QED) is 0.713. The Bertz CT molecular complexity index is 333. The topological polar surface area (TPSA) is 42.1 Å². The fourth-order valence-corrected chi connectivity index (χ4v) is 1.61. The highest BCUT2D eigenvalue weighted by Crippen LogP contribution is 2.14. The minimum atomic E-state index is 0.511. The Morgan fingerprint density at radius 3 is 3.00 bits per heavy atom. The fourth-order valence-electron chi connectivity index (χ4n) is 1.61. The van der Waals surface area contributed by atoms with Crippen molar-refractivity contribution in [2.45, 2.75) is 13.0 Å². The van der Waals surface area contributed by atoms with Crippen LogP contribution >= 0.6 is 0 Å². The van der Waals surface area contributed by atoms with Gasteiger partial charge < -0.3 is 10.6 Å². The van der Waals surface area contributed by atoms with Crippen LogP contribution in [0.2, 0.25) is 0 Å². The summed E-state index contributed by atoms with van der Waals surface area (Å²) in [6, 6.07) is 6.02. The number of nitrogens with zero attached hydrogens (tertiary/aromatic N) is 2. The molecule has 0 saturated heterocycles. The molecule has 1 aliphatic heterocycles. The van der Waals surface area contributed by atoms with Gasteiger partial charge in [0.1, 0.15) is 5.82 Å². The maximum atomic E-state index is 5.55. The third kappa shape index (κ3) is 1.93. The summed E-state index contributed by atoms with van der Waals surface area (Å²) < 4.78 is 0. The average Bonchev–Trinajstić information content (AvgIpc) is 2.30. The molecule has 0 aromatic carbocycles. The van der Waals surface area contributed by atoms with Crippen LogP contribution in [0.15, 0.2) is 30.4 Å². The van der Waals surface area contributed by atoms with E-state index < -0.39 is 0 Å². The van der Waals surface area contributed by atoms with Crippen molar-refractivity contribution in [3.63, 3.8) is 0 Å². The van der Waals surface area contributed by atoms with Gasteiger partial charge in [-0.05, 0) is 18.6 Å². The molecule has 14 heavy (non-hydrogen) atoms. The van der Waals surface area contributed by atoms with E-state index in [0.29, 0.717) is 6.54 Å². The highest BCUT2D eigenvalue weighted by molar-refractivity contribution is 5.41. The van der Waals surface area contributed by atoms with Crippen LogP contribution in [0.4, 0.5) is 5.82 Å². The van der Waals surface area contributed by atoms with Gasteiger partial charge >= 0.3 is 0 Å². The molecule has 0 radical (unpaired) electrons. The van der Waals surface area contributed by atoms with E-state index in [-0.39, 0.29) is 0 Å². The molecule has 0 unspecified atom stereocenters. The SMILES string of the molecule is NCc1cccc(N2CC=CCC2)n1. The Morgan fingerprint density at radius 1 is 1.36 bits per heavy atom. The molecule has 0 aliphatic carbocycles.